The van der Waals surface area contributed by atoms with E-state index in [9.17, 15) is 14.4 Å². The van der Waals surface area contributed by atoms with Crippen LogP contribution in [0.3, 0.4) is 0 Å². The maximum Gasteiger partial charge on any atom is 0.315 e. The van der Waals surface area contributed by atoms with E-state index in [1.807, 2.05) is 11.8 Å². The first-order chi connectivity index (χ1) is 33.0. The number of amides is 2. The van der Waals surface area contributed by atoms with Gasteiger partial charge in [-0.25, -0.2) is 4.79 Å². The molecule has 0 spiro atoms. The number of hydrogen-bond donors (Lipinski definition) is 2. The number of terminal acetylenes is 3. The SMILES string of the molecule is C#CCCCCOc1cc(C(=O)CCCOCCOCCOCCOCCOCCOCCOCCCC(=O)CCCCC2SCC3NC(=O)NC32)cc(OCCC#C)c1OCCCCC#C. The zero-order chi connectivity index (χ0) is 47.8. The van der Waals surface area contributed by atoms with E-state index in [1.54, 1.807) is 12.1 Å². The number of carbonyl (C=O) groups excluding carboxylic acids is 3. The molecule has 2 aliphatic rings. The largest absolute Gasteiger partial charge is 0.490 e. The van der Waals surface area contributed by atoms with Crippen molar-refractivity contribution in [2.75, 3.05) is 118 Å². The molecule has 67 heavy (non-hydrogen) atoms. The van der Waals surface area contributed by atoms with E-state index in [0.717, 1.165) is 57.1 Å². The zero-order valence-corrected chi connectivity index (χ0v) is 40.5. The lowest BCUT2D eigenvalue weighted by atomic mass is 10.0. The summed E-state index contributed by atoms with van der Waals surface area (Å²) in [5.74, 6) is 10.3. The molecule has 0 bridgehead atoms. The maximum atomic E-state index is 13.3. The minimum absolute atomic E-state index is 0.0572. The summed E-state index contributed by atoms with van der Waals surface area (Å²) in [6.45, 7) is 7.51. The Morgan fingerprint density at radius 2 is 1.01 bits per heavy atom. The van der Waals surface area contributed by atoms with Crippen molar-refractivity contribution in [1.29, 1.82) is 0 Å². The second kappa shape index (κ2) is 38.9. The summed E-state index contributed by atoms with van der Waals surface area (Å²) in [7, 11) is 0. The van der Waals surface area contributed by atoms with Gasteiger partial charge < -0.3 is 58.0 Å². The third-order valence-electron chi connectivity index (χ3n) is 10.6. The number of carbonyl (C=O) groups is 3. The lowest BCUT2D eigenvalue weighted by molar-refractivity contribution is -0.119. The summed E-state index contributed by atoms with van der Waals surface area (Å²) in [5.41, 5.74) is 0.464. The Labute approximate surface area is 404 Å². The quantitative estimate of drug-likeness (QED) is 0.0310. The van der Waals surface area contributed by atoms with Crippen molar-refractivity contribution in [2.24, 2.45) is 0 Å². The first kappa shape index (κ1) is 57.3. The van der Waals surface area contributed by atoms with Crippen LogP contribution in [0, 0.1) is 37.0 Å². The number of Topliss-reactive ketones (excluding diaryl/α,β-unsaturated/α-hetero) is 2. The molecule has 0 radical (unpaired) electrons. The number of ether oxygens (including phenoxy) is 10. The molecular formula is C51H76N2O13S. The molecule has 3 unspecified atom stereocenters. The smallest absolute Gasteiger partial charge is 0.315 e. The standard InChI is InChI=1S/C51H76N2O13S/c1-4-7-10-14-25-65-47-40-42(39-46(64-24-9-6-3)50(47)66-26-15-11-8-5-2)45(55)20-17-23-58-28-30-60-32-34-62-36-38-63-37-35-61-33-31-59-29-27-57-22-16-19-43(54)18-12-13-21-48-49-44(41-67-48)52-51(56)53-49/h1-3,39-40,44,48-49H,7-38,41H2,(H2,52,53,56). The highest BCUT2D eigenvalue weighted by atomic mass is 32.2. The monoisotopic (exact) mass is 957 g/mol. The highest BCUT2D eigenvalue weighted by Gasteiger charge is 2.42. The number of urea groups is 1. The third kappa shape index (κ3) is 26.9. The molecule has 0 saturated carbocycles. The molecule has 2 N–H and O–H groups in total. The van der Waals surface area contributed by atoms with E-state index in [2.05, 4.69) is 28.4 Å². The maximum absolute atomic E-state index is 13.3. The summed E-state index contributed by atoms with van der Waals surface area (Å²) < 4.78 is 57.3. The molecule has 1 aromatic carbocycles. The van der Waals surface area contributed by atoms with Gasteiger partial charge >= 0.3 is 6.03 Å². The van der Waals surface area contributed by atoms with Gasteiger partial charge in [0.1, 0.15) is 5.78 Å². The van der Waals surface area contributed by atoms with E-state index < -0.39 is 0 Å². The number of thioether (sulfide) groups is 1. The number of hydrogen-bond acceptors (Lipinski definition) is 14. The highest BCUT2D eigenvalue weighted by molar-refractivity contribution is 8.00. The summed E-state index contributed by atoms with van der Waals surface area (Å²) in [6, 6.07) is 3.83. The topological polar surface area (TPSA) is 168 Å². The van der Waals surface area contributed by atoms with Crippen molar-refractivity contribution in [1.82, 2.24) is 10.6 Å². The van der Waals surface area contributed by atoms with Crippen LogP contribution in [0.4, 0.5) is 4.79 Å². The lowest BCUT2D eigenvalue weighted by Crippen LogP contribution is -2.36. The molecule has 2 saturated heterocycles. The van der Waals surface area contributed by atoms with Gasteiger partial charge in [-0.05, 0) is 63.5 Å². The lowest BCUT2D eigenvalue weighted by Gasteiger charge is -2.18. The molecule has 3 atom stereocenters. The average molecular weight is 957 g/mol. The molecule has 374 valence electrons. The van der Waals surface area contributed by atoms with Gasteiger partial charge in [0.25, 0.3) is 0 Å². The Morgan fingerprint density at radius 3 is 1.55 bits per heavy atom. The van der Waals surface area contributed by atoms with Crippen LogP contribution < -0.4 is 24.8 Å². The van der Waals surface area contributed by atoms with Crippen LogP contribution in [0.15, 0.2) is 12.1 Å². The second-order valence-electron chi connectivity index (χ2n) is 15.9. The van der Waals surface area contributed by atoms with Crippen molar-refractivity contribution in [2.45, 2.75) is 114 Å². The summed E-state index contributed by atoms with van der Waals surface area (Å²) >= 11 is 1.91. The van der Waals surface area contributed by atoms with Gasteiger partial charge in [0.15, 0.2) is 17.3 Å². The zero-order valence-electron chi connectivity index (χ0n) is 39.7. The van der Waals surface area contributed by atoms with E-state index in [0.29, 0.717) is 172 Å². The highest BCUT2D eigenvalue weighted by Crippen LogP contribution is 2.40. The minimum atomic E-state index is -0.0635. The van der Waals surface area contributed by atoms with Gasteiger partial charge in [0.05, 0.1) is 111 Å². The number of fused-ring (bicyclic) bond motifs is 1. The van der Waals surface area contributed by atoms with Crippen LogP contribution >= 0.6 is 11.8 Å². The fraction of sp³-hybridized carbons (Fsp3) is 0.706. The number of rotatable bonds is 45. The molecule has 3 rings (SSSR count). The predicted molar refractivity (Wildman–Crippen MR) is 259 cm³/mol. The van der Waals surface area contributed by atoms with Gasteiger partial charge in [-0.1, -0.05) is 6.42 Å². The van der Waals surface area contributed by atoms with Crippen LogP contribution in [0.2, 0.25) is 0 Å². The van der Waals surface area contributed by atoms with Gasteiger partial charge in [-0.3, -0.25) is 9.59 Å². The molecule has 2 heterocycles. The first-order valence-electron chi connectivity index (χ1n) is 24.1. The first-order valence-corrected chi connectivity index (χ1v) is 25.2. The van der Waals surface area contributed by atoms with Crippen LogP contribution in [0.1, 0.15) is 107 Å². The fourth-order valence-electron chi connectivity index (χ4n) is 7.04. The van der Waals surface area contributed by atoms with Crippen molar-refractivity contribution in [3.8, 4) is 54.3 Å². The van der Waals surface area contributed by atoms with Gasteiger partial charge in [0.2, 0.25) is 5.75 Å². The van der Waals surface area contributed by atoms with Crippen molar-refractivity contribution >= 4 is 29.4 Å². The summed E-state index contributed by atoms with van der Waals surface area (Å²) in [6.07, 6.45) is 26.8. The number of benzene rings is 1. The number of ketones is 2. The Hall–Kier alpha value is -4.02. The molecule has 1 aromatic rings. The molecule has 2 aliphatic heterocycles. The molecule has 15 nitrogen and oxygen atoms in total. The molecule has 2 fully saturated rings. The summed E-state index contributed by atoms with van der Waals surface area (Å²) in [5, 5.41) is 6.43. The number of unbranched alkanes of at least 4 members (excludes halogenated alkanes) is 5. The Kier molecular flexibility index (Phi) is 33.3. The minimum Gasteiger partial charge on any atom is -0.490 e. The Balaban J connectivity index is 1.09. The van der Waals surface area contributed by atoms with Gasteiger partial charge in [-0.15, -0.1) is 37.0 Å². The molecular weight excluding hydrogens is 881 g/mol. The van der Waals surface area contributed by atoms with Crippen LogP contribution in [-0.2, 0) is 38.0 Å². The van der Waals surface area contributed by atoms with Crippen LogP contribution in [0.5, 0.6) is 17.2 Å². The molecule has 2 amide bonds. The second-order valence-corrected chi connectivity index (χ2v) is 17.2. The number of nitrogens with one attached hydrogen (secondary N) is 2. The third-order valence-corrected chi connectivity index (χ3v) is 12.1. The molecule has 0 aromatic heterocycles. The van der Waals surface area contributed by atoms with Gasteiger partial charge in [0, 0.05) is 68.3 Å². The Morgan fingerprint density at radius 1 is 0.537 bits per heavy atom. The van der Waals surface area contributed by atoms with Crippen LogP contribution in [0.25, 0.3) is 0 Å². The van der Waals surface area contributed by atoms with E-state index in [-0.39, 0.29) is 42.7 Å². The predicted octanol–water partition coefficient (Wildman–Crippen LogP) is 6.61. The van der Waals surface area contributed by atoms with E-state index >= 15 is 0 Å². The van der Waals surface area contributed by atoms with Crippen LogP contribution in [-0.4, -0.2) is 153 Å². The molecule has 0 aliphatic carbocycles. The van der Waals surface area contributed by atoms with E-state index in [1.165, 1.54) is 0 Å². The Bertz CT molecular complexity index is 1640. The fourth-order valence-corrected chi connectivity index (χ4v) is 8.58. The van der Waals surface area contributed by atoms with Gasteiger partial charge in [-0.2, -0.15) is 11.8 Å². The molecule has 16 heteroatoms. The normalized spacial score (nSPS) is 16.1. The van der Waals surface area contributed by atoms with Crippen molar-refractivity contribution < 1.29 is 61.8 Å². The van der Waals surface area contributed by atoms with Crippen molar-refractivity contribution in [3.05, 3.63) is 17.7 Å². The van der Waals surface area contributed by atoms with E-state index in [4.69, 9.17) is 66.6 Å². The van der Waals surface area contributed by atoms with Crippen molar-refractivity contribution in [3.63, 3.8) is 0 Å². The average Bonchev–Trinajstić information content (AvgIpc) is 3.89. The summed E-state index contributed by atoms with van der Waals surface area (Å²) in [4.78, 5) is 37.0.